The minimum Gasteiger partial charge on any atom is -0.489 e. The maximum atomic E-state index is 10.8. The van der Waals surface area contributed by atoms with Gasteiger partial charge in [0.25, 0.3) is 5.69 Å². The lowest BCUT2D eigenvalue weighted by Crippen LogP contribution is -2.19. The summed E-state index contributed by atoms with van der Waals surface area (Å²) in [5.74, 6) is 1.12. The predicted octanol–water partition coefficient (Wildman–Crippen LogP) is 1.47. The average molecular weight is 252 g/mol. The molecule has 0 aromatic heterocycles. The zero-order valence-electron chi connectivity index (χ0n) is 10.5. The van der Waals surface area contributed by atoms with Crippen LogP contribution >= 0.6 is 0 Å². The Kier molecular flexibility index (Phi) is 3.66. The zero-order chi connectivity index (χ0) is 13.1. The van der Waals surface area contributed by atoms with Crippen molar-refractivity contribution in [2.24, 2.45) is 0 Å². The molecule has 0 N–H and O–H groups in total. The van der Waals surface area contributed by atoms with Gasteiger partial charge in [0, 0.05) is 24.6 Å². The first-order valence-corrected chi connectivity index (χ1v) is 5.79. The van der Waals surface area contributed by atoms with E-state index in [4.69, 9.17) is 9.47 Å². The van der Waals surface area contributed by atoms with E-state index in [0.29, 0.717) is 31.1 Å². The van der Waals surface area contributed by atoms with Crippen LogP contribution in [0.25, 0.3) is 0 Å². The van der Waals surface area contributed by atoms with Crippen LogP contribution in [-0.2, 0) is 6.42 Å². The molecule has 6 heteroatoms. The van der Waals surface area contributed by atoms with Crippen molar-refractivity contribution in [2.45, 2.75) is 6.42 Å². The molecule has 1 heterocycles. The van der Waals surface area contributed by atoms with Crippen molar-refractivity contribution in [3.05, 3.63) is 27.8 Å². The maximum Gasteiger partial charge on any atom is 0.273 e. The molecular formula is C12H16N2O4. The van der Waals surface area contributed by atoms with Crippen LogP contribution < -0.4 is 9.47 Å². The molecule has 0 amide bonds. The van der Waals surface area contributed by atoms with Gasteiger partial charge < -0.3 is 14.4 Å². The number of likely N-dealkylation sites (N-methyl/N-ethyl adjacent to an activating group) is 1. The maximum absolute atomic E-state index is 10.8. The summed E-state index contributed by atoms with van der Waals surface area (Å²) in [6, 6.07) is 2.99. The zero-order valence-corrected chi connectivity index (χ0v) is 10.5. The van der Waals surface area contributed by atoms with Gasteiger partial charge in [-0.25, -0.2) is 0 Å². The average Bonchev–Trinajstić information content (AvgIpc) is 2.76. The predicted molar refractivity (Wildman–Crippen MR) is 66.3 cm³/mol. The van der Waals surface area contributed by atoms with Gasteiger partial charge in [0.05, 0.1) is 17.6 Å². The summed E-state index contributed by atoms with van der Waals surface area (Å²) < 4.78 is 11.0. The lowest BCUT2D eigenvalue weighted by atomic mass is 10.1. The first kappa shape index (κ1) is 12.6. The van der Waals surface area contributed by atoms with Crippen molar-refractivity contribution in [1.29, 1.82) is 0 Å². The SMILES string of the molecule is CN(C)CCOc1cc([N+](=O)[O-])cc2c1OCC2. The van der Waals surface area contributed by atoms with Crippen LogP contribution in [-0.4, -0.2) is 43.7 Å². The Hall–Kier alpha value is -1.82. The van der Waals surface area contributed by atoms with E-state index in [0.717, 1.165) is 12.1 Å². The second-order valence-electron chi connectivity index (χ2n) is 4.44. The number of benzene rings is 1. The summed E-state index contributed by atoms with van der Waals surface area (Å²) in [5, 5.41) is 10.8. The van der Waals surface area contributed by atoms with Crippen LogP contribution in [0.5, 0.6) is 11.5 Å². The van der Waals surface area contributed by atoms with Crippen LogP contribution in [0.2, 0.25) is 0 Å². The van der Waals surface area contributed by atoms with E-state index in [1.807, 2.05) is 19.0 Å². The number of hydrogen-bond acceptors (Lipinski definition) is 5. The van der Waals surface area contributed by atoms with Crippen molar-refractivity contribution in [3.63, 3.8) is 0 Å². The van der Waals surface area contributed by atoms with Gasteiger partial charge in [-0.2, -0.15) is 0 Å². The molecule has 0 spiro atoms. The topological polar surface area (TPSA) is 64.8 Å². The molecule has 1 aromatic rings. The second kappa shape index (κ2) is 5.22. The quantitative estimate of drug-likeness (QED) is 0.586. The highest BCUT2D eigenvalue weighted by atomic mass is 16.6. The number of ether oxygens (including phenoxy) is 2. The first-order valence-electron chi connectivity index (χ1n) is 5.79. The Labute approximate surface area is 105 Å². The van der Waals surface area contributed by atoms with E-state index in [9.17, 15) is 10.1 Å². The molecule has 0 saturated carbocycles. The molecule has 0 bridgehead atoms. The highest BCUT2D eigenvalue weighted by Crippen LogP contribution is 2.39. The van der Waals surface area contributed by atoms with E-state index in [1.54, 1.807) is 6.07 Å². The number of nitro groups is 1. The van der Waals surface area contributed by atoms with Gasteiger partial charge in [-0.3, -0.25) is 10.1 Å². The largest absolute Gasteiger partial charge is 0.489 e. The smallest absolute Gasteiger partial charge is 0.273 e. The van der Waals surface area contributed by atoms with E-state index in [-0.39, 0.29) is 5.69 Å². The van der Waals surface area contributed by atoms with E-state index >= 15 is 0 Å². The molecule has 0 atom stereocenters. The molecule has 0 aliphatic carbocycles. The minimum atomic E-state index is -0.405. The molecule has 1 aliphatic rings. The molecule has 1 aliphatic heterocycles. The number of nitrogens with zero attached hydrogens (tertiary/aromatic N) is 2. The van der Waals surface area contributed by atoms with Crippen LogP contribution in [0.4, 0.5) is 5.69 Å². The van der Waals surface area contributed by atoms with E-state index in [2.05, 4.69) is 0 Å². The van der Waals surface area contributed by atoms with Gasteiger partial charge in [-0.05, 0) is 14.1 Å². The number of non-ortho nitro benzene ring substituents is 1. The van der Waals surface area contributed by atoms with E-state index < -0.39 is 4.92 Å². The Bertz CT molecular complexity index is 460. The number of hydrogen-bond donors (Lipinski definition) is 0. The van der Waals surface area contributed by atoms with E-state index in [1.165, 1.54) is 6.07 Å². The molecule has 1 aromatic carbocycles. The summed E-state index contributed by atoms with van der Waals surface area (Å²) >= 11 is 0. The summed E-state index contributed by atoms with van der Waals surface area (Å²) in [6.45, 7) is 1.78. The molecule has 0 saturated heterocycles. The van der Waals surface area contributed by atoms with Gasteiger partial charge in [0.15, 0.2) is 11.5 Å². The Morgan fingerprint density at radius 2 is 2.28 bits per heavy atom. The van der Waals surface area contributed by atoms with Crippen molar-refractivity contribution in [3.8, 4) is 11.5 Å². The molecule has 18 heavy (non-hydrogen) atoms. The van der Waals surface area contributed by atoms with Crippen LogP contribution in [0.1, 0.15) is 5.56 Å². The van der Waals surface area contributed by atoms with Crippen molar-refractivity contribution >= 4 is 5.69 Å². The van der Waals surface area contributed by atoms with Gasteiger partial charge in [0.1, 0.15) is 6.61 Å². The van der Waals surface area contributed by atoms with Crippen molar-refractivity contribution in [2.75, 3.05) is 33.9 Å². The molecule has 0 unspecified atom stereocenters. The molecule has 0 radical (unpaired) electrons. The number of nitro benzene ring substituents is 1. The van der Waals surface area contributed by atoms with Gasteiger partial charge in [-0.1, -0.05) is 0 Å². The summed E-state index contributed by atoms with van der Waals surface area (Å²) in [6.07, 6.45) is 0.695. The Morgan fingerprint density at radius 1 is 1.50 bits per heavy atom. The van der Waals surface area contributed by atoms with Gasteiger partial charge >= 0.3 is 0 Å². The van der Waals surface area contributed by atoms with Crippen molar-refractivity contribution < 1.29 is 14.4 Å². The van der Waals surface area contributed by atoms with Gasteiger partial charge in [-0.15, -0.1) is 0 Å². The van der Waals surface area contributed by atoms with Crippen LogP contribution in [0.15, 0.2) is 12.1 Å². The molecule has 2 rings (SSSR count). The fourth-order valence-electron chi connectivity index (χ4n) is 1.81. The number of rotatable bonds is 5. The lowest BCUT2D eigenvalue weighted by Gasteiger charge is -2.13. The van der Waals surface area contributed by atoms with Gasteiger partial charge in [0.2, 0.25) is 0 Å². The lowest BCUT2D eigenvalue weighted by molar-refractivity contribution is -0.385. The third-order valence-electron chi connectivity index (χ3n) is 2.74. The fourth-order valence-corrected chi connectivity index (χ4v) is 1.81. The molecular weight excluding hydrogens is 236 g/mol. The van der Waals surface area contributed by atoms with Crippen LogP contribution in [0.3, 0.4) is 0 Å². The monoisotopic (exact) mass is 252 g/mol. The summed E-state index contributed by atoms with van der Waals surface area (Å²) in [7, 11) is 3.88. The number of fused-ring (bicyclic) bond motifs is 1. The standard InChI is InChI=1S/C12H16N2O4/c1-13(2)4-6-17-11-8-10(14(15)16)7-9-3-5-18-12(9)11/h7-8H,3-6H2,1-2H3. The summed E-state index contributed by atoms with van der Waals surface area (Å²) in [5.41, 5.74) is 0.906. The third-order valence-corrected chi connectivity index (χ3v) is 2.74. The summed E-state index contributed by atoms with van der Waals surface area (Å²) in [4.78, 5) is 12.4. The molecule has 0 fully saturated rings. The normalized spacial score (nSPS) is 13.3. The molecule has 6 nitrogen and oxygen atoms in total. The third kappa shape index (κ3) is 2.70. The minimum absolute atomic E-state index is 0.0547. The highest BCUT2D eigenvalue weighted by molar-refractivity contribution is 5.55. The van der Waals surface area contributed by atoms with Crippen molar-refractivity contribution in [1.82, 2.24) is 4.90 Å². The Morgan fingerprint density at radius 3 is 2.94 bits per heavy atom. The first-order chi connectivity index (χ1) is 8.58. The van der Waals surface area contributed by atoms with Crippen LogP contribution in [0, 0.1) is 10.1 Å². The second-order valence-corrected chi connectivity index (χ2v) is 4.44. The Balaban J connectivity index is 2.19. The molecule has 98 valence electrons. The fraction of sp³-hybridized carbons (Fsp3) is 0.500. The highest BCUT2D eigenvalue weighted by Gasteiger charge is 2.22.